The molecule has 3 unspecified atom stereocenters. The number of carbonyl (C=O) groups is 1. The van der Waals surface area contributed by atoms with Crippen molar-refractivity contribution in [3.8, 4) is 0 Å². The predicted octanol–water partition coefficient (Wildman–Crippen LogP) is 3.46. The summed E-state index contributed by atoms with van der Waals surface area (Å²) < 4.78 is 30.4. The molecule has 1 aromatic carbocycles. The number of amides is 2. The van der Waals surface area contributed by atoms with E-state index in [1.165, 1.54) is 24.5 Å². The number of carbonyl (C=O) groups excluding carboxylic acids is 1. The highest BCUT2D eigenvalue weighted by Gasteiger charge is 2.36. The maximum Gasteiger partial charge on any atom is 0.327 e. The van der Waals surface area contributed by atoms with Crippen molar-refractivity contribution in [2.75, 3.05) is 13.1 Å². The summed E-state index contributed by atoms with van der Waals surface area (Å²) in [6, 6.07) is 6.21. The Bertz CT molecular complexity index is 1580. The van der Waals surface area contributed by atoms with Gasteiger partial charge in [-0.05, 0) is 49.4 Å². The molecular weight excluding hydrogens is 506 g/mol. The molecule has 1 saturated heterocycles. The zero-order chi connectivity index (χ0) is 27.1. The smallest absolute Gasteiger partial charge is 0.327 e. The average molecular weight is 535 g/mol. The minimum Gasteiger partial charge on any atom is -0.330 e. The van der Waals surface area contributed by atoms with E-state index < -0.39 is 29.6 Å². The van der Waals surface area contributed by atoms with Crippen LogP contribution in [0, 0.1) is 11.6 Å². The van der Waals surface area contributed by atoms with Gasteiger partial charge >= 0.3 is 11.7 Å². The Morgan fingerprint density at radius 3 is 2.54 bits per heavy atom. The molecule has 2 amide bonds. The zero-order valence-corrected chi connectivity index (χ0v) is 21.1. The molecule has 3 aromatic heterocycles. The molecule has 10 nitrogen and oxygen atoms in total. The number of piperidine rings is 1. The van der Waals surface area contributed by atoms with Crippen molar-refractivity contribution in [3.63, 3.8) is 0 Å². The molecule has 3 atom stereocenters. The number of halogens is 2. The topological polar surface area (TPSA) is 135 Å². The van der Waals surface area contributed by atoms with Gasteiger partial charge in [-0.1, -0.05) is 12.1 Å². The van der Waals surface area contributed by atoms with Crippen LogP contribution < -0.4 is 16.7 Å². The number of nitrogens with one attached hydrogen (secondary N) is 2. The van der Waals surface area contributed by atoms with Crippen molar-refractivity contribution < 1.29 is 13.6 Å². The number of likely N-dealkylation sites (tertiary alicyclic amines) is 1. The van der Waals surface area contributed by atoms with Gasteiger partial charge in [-0.25, -0.2) is 23.4 Å². The second-order valence-corrected chi connectivity index (χ2v) is 10.1. The summed E-state index contributed by atoms with van der Waals surface area (Å²) in [4.78, 5) is 43.5. The summed E-state index contributed by atoms with van der Waals surface area (Å²) >= 11 is 0. The number of urea groups is 1. The first kappa shape index (κ1) is 25.1. The van der Waals surface area contributed by atoms with Crippen LogP contribution in [0.4, 0.5) is 13.6 Å². The summed E-state index contributed by atoms with van der Waals surface area (Å²) in [6.45, 7) is 0.930. The molecular formula is C27H28F2N8O2. The number of hydrogen-bond acceptors (Lipinski definition) is 6. The van der Waals surface area contributed by atoms with Crippen LogP contribution in [0.25, 0.3) is 11.2 Å². The molecule has 0 radical (unpaired) electrons. The van der Waals surface area contributed by atoms with Crippen LogP contribution in [-0.2, 0) is 0 Å². The summed E-state index contributed by atoms with van der Waals surface area (Å²) in [5.41, 5.74) is 8.81. The third kappa shape index (κ3) is 4.54. The highest BCUT2D eigenvalue weighted by molar-refractivity contribution is 5.75. The average Bonchev–Trinajstić information content (AvgIpc) is 3.23. The number of H-pyrrole nitrogens is 1. The summed E-state index contributed by atoms with van der Waals surface area (Å²) in [6.07, 6.45) is 6.74. The van der Waals surface area contributed by atoms with E-state index in [-0.39, 0.29) is 23.3 Å². The largest absolute Gasteiger partial charge is 0.330 e. The molecule has 2 aliphatic rings. The third-order valence-electron chi connectivity index (χ3n) is 7.89. The van der Waals surface area contributed by atoms with E-state index in [0.717, 1.165) is 11.6 Å². The van der Waals surface area contributed by atoms with Gasteiger partial charge in [-0.2, -0.15) is 0 Å². The second-order valence-electron chi connectivity index (χ2n) is 10.1. The Hall–Kier alpha value is -4.19. The number of benzene rings is 1. The van der Waals surface area contributed by atoms with Crippen LogP contribution in [0.1, 0.15) is 66.7 Å². The fourth-order valence-electron chi connectivity index (χ4n) is 5.92. The van der Waals surface area contributed by atoms with E-state index in [1.807, 2.05) is 6.07 Å². The first-order valence-electron chi connectivity index (χ1n) is 13.0. The van der Waals surface area contributed by atoms with E-state index in [4.69, 9.17) is 5.73 Å². The van der Waals surface area contributed by atoms with Crippen LogP contribution >= 0.6 is 0 Å². The molecule has 1 fully saturated rings. The first-order chi connectivity index (χ1) is 18.9. The van der Waals surface area contributed by atoms with Crippen LogP contribution in [0.15, 0.2) is 53.7 Å². The summed E-state index contributed by atoms with van der Waals surface area (Å²) in [7, 11) is 0. The molecule has 202 valence electrons. The Morgan fingerprint density at radius 1 is 0.974 bits per heavy atom. The summed E-state index contributed by atoms with van der Waals surface area (Å²) in [5, 5.41) is 3.07. The van der Waals surface area contributed by atoms with Crippen molar-refractivity contribution in [1.29, 1.82) is 0 Å². The van der Waals surface area contributed by atoms with Gasteiger partial charge in [-0.3, -0.25) is 19.5 Å². The standard InChI is InChI=1S/C27H28F2N8O2/c28-18-4-1-3-16(21(18)29)17-6-7-19(23-24(22(17)30)32-12-11-31-23)34-26(38)36-13-8-15(9-14-36)37-20-5-2-10-33-25(20)35-27(37)39/h1-5,10-12,15,17,19,22H,6-9,13-14,30H2,(H,34,38)(H,33,35,39). The van der Waals surface area contributed by atoms with E-state index in [0.29, 0.717) is 55.8 Å². The lowest BCUT2D eigenvalue weighted by atomic mass is 9.87. The van der Waals surface area contributed by atoms with Gasteiger partial charge in [0.05, 0.1) is 29.0 Å². The number of fused-ring (bicyclic) bond motifs is 2. The van der Waals surface area contributed by atoms with Crippen molar-refractivity contribution in [1.82, 2.24) is 34.7 Å². The summed E-state index contributed by atoms with van der Waals surface area (Å²) in [5.74, 6) is -2.38. The molecule has 6 rings (SSSR count). The Kier molecular flexibility index (Phi) is 6.55. The fourth-order valence-corrected chi connectivity index (χ4v) is 5.92. The Labute approximate surface area is 222 Å². The van der Waals surface area contributed by atoms with Gasteiger partial charge in [-0.15, -0.1) is 0 Å². The van der Waals surface area contributed by atoms with Gasteiger partial charge < -0.3 is 16.0 Å². The number of aromatic nitrogens is 5. The molecule has 4 heterocycles. The van der Waals surface area contributed by atoms with Gasteiger partial charge in [0, 0.05) is 43.6 Å². The maximum absolute atomic E-state index is 14.7. The molecule has 0 saturated carbocycles. The van der Waals surface area contributed by atoms with Crippen LogP contribution in [0.5, 0.6) is 0 Å². The van der Waals surface area contributed by atoms with Crippen molar-refractivity contribution in [3.05, 3.63) is 88.0 Å². The lowest BCUT2D eigenvalue weighted by Crippen LogP contribution is -2.46. The predicted molar refractivity (Wildman–Crippen MR) is 139 cm³/mol. The van der Waals surface area contributed by atoms with Gasteiger partial charge in [0.2, 0.25) is 0 Å². The maximum atomic E-state index is 14.7. The van der Waals surface area contributed by atoms with Crippen molar-refractivity contribution in [2.24, 2.45) is 5.73 Å². The van der Waals surface area contributed by atoms with Crippen molar-refractivity contribution in [2.45, 2.75) is 49.7 Å². The Balaban J connectivity index is 1.18. The molecule has 0 bridgehead atoms. The highest BCUT2D eigenvalue weighted by atomic mass is 19.2. The molecule has 4 N–H and O–H groups in total. The van der Waals surface area contributed by atoms with E-state index in [1.54, 1.807) is 21.7 Å². The van der Waals surface area contributed by atoms with E-state index >= 15 is 0 Å². The highest BCUT2D eigenvalue weighted by Crippen LogP contribution is 2.41. The third-order valence-corrected chi connectivity index (χ3v) is 7.89. The number of imidazole rings is 1. The van der Waals surface area contributed by atoms with Gasteiger partial charge in [0.1, 0.15) is 0 Å². The number of rotatable bonds is 3. The lowest BCUT2D eigenvalue weighted by Gasteiger charge is -2.33. The van der Waals surface area contributed by atoms with Crippen LogP contribution in [-0.4, -0.2) is 48.5 Å². The number of hydrogen-bond donors (Lipinski definition) is 3. The van der Waals surface area contributed by atoms with Crippen molar-refractivity contribution >= 4 is 17.2 Å². The molecule has 4 aromatic rings. The number of nitrogens with zero attached hydrogens (tertiary/aromatic N) is 5. The molecule has 1 aliphatic heterocycles. The quantitative estimate of drug-likeness (QED) is 0.345. The molecule has 12 heteroatoms. The normalized spacial score (nSPS) is 21.9. The minimum absolute atomic E-state index is 0.0519. The molecule has 0 spiro atoms. The lowest BCUT2D eigenvalue weighted by molar-refractivity contribution is 0.167. The first-order valence-corrected chi connectivity index (χ1v) is 13.0. The molecule has 39 heavy (non-hydrogen) atoms. The van der Waals surface area contributed by atoms with Gasteiger partial charge in [0.25, 0.3) is 0 Å². The monoisotopic (exact) mass is 534 g/mol. The van der Waals surface area contributed by atoms with E-state index in [9.17, 15) is 18.4 Å². The minimum atomic E-state index is -0.928. The number of pyridine rings is 1. The van der Waals surface area contributed by atoms with Crippen LogP contribution in [0.3, 0.4) is 0 Å². The zero-order valence-electron chi connectivity index (χ0n) is 21.1. The number of nitrogens with two attached hydrogens (primary N) is 1. The SMILES string of the molecule is NC1c2nccnc2C(NC(=O)N2CCC(n3c(=O)[nH]c4ncccc43)CC2)CCC1c1cccc(F)c1F. The Morgan fingerprint density at radius 2 is 1.74 bits per heavy atom. The number of aromatic amines is 1. The van der Waals surface area contributed by atoms with E-state index in [2.05, 4.69) is 25.3 Å². The molecule has 1 aliphatic carbocycles. The van der Waals surface area contributed by atoms with Crippen LogP contribution in [0.2, 0.25) is 0 Å². The fraction of sp³-hybridized carbons (Fsp3) is 0.370. The van der Waals surface area contributed by atoms with Gasteiger partial charge in [0.15, 0.2) is 17.3 Å². The second kappa shape index (κ2) is 10.2.